The van der Waals surface area contributed by atoms with Crippen molar-refractivity contribution in [3.05, 3.63) is 35.3 Å². The van der Waals surface area contributed by atoms with Crippen molar-refractivity contribution in [3.8, 4) is 0 Å². The van der Waals surface area contributed by atoms with Crippen LogP contribution < -0.4 is 0 Å². The number of unbranched alkanes of at least 4 members (excludes halogenated alkanes) is 1. The molecule has 2 aromatic heterocycles. The monoisotopic (exact) mass is 259 g/mol. The van der Waals surface area contributed by atoms with E-state index in [1.165, 1.54) is 0 Å². The second kappa shape index (κ2) is 5.43. The van der Waals surface area contributed by atoms with Crippen LogP contribution in [0, 0.1) is 13.8 Å². The van der Waals surface area contributed by atoms with Gasteiger partial charge in [-0.3, -0.25) is 9.20 Å². The zero-order valence-corrected chi connectivity index (χ0v) is 12.1. The van der Waals surface area contributed by atoms with E-state index in [-0.39, 0.29) is 5.91 Å². The van der Waals surface area contributed by atoms with E-state index in [4.69, 9.17) is 0 Å². The van der Waals surface area contributed by atoms with Crippen LogP contribution in [0.25, 0.3) is 5.65 Å². The van der Waals surface area contributed by atoms with E-state index in [0.29, 0.717) is 5.69 Å². The number of carbonyl (C=O) groups excluding carboxylic acids is 1. The Bertz CT molecular complexity index is 601. The van der Waals surface area contributed by atoms with E-state index in [2.05, 4.69) is 11.9 Å². The topological polar surface area (TPSA) is 37.6 Å². The molecule has 0 radical (unpaired) electrons. The van der Waals surface area contributed by atoms with Crippen LogP contribution in [0.5, 0.6) is 0 Å². The summed E-state index contributed by atoms with van der Waals surface area (Å²) in [6, 6.07) is 3.99. The third-order valence-electron chi connectivity index (χ3n) is 3.35. The zero-order chi connectivity index (χ0) is 14.0. The molecule has 102 valence electrons. The molecule has 0 N–H and O–H groups in total. The van der Waals surface area contributed by atoms with Crippen LogP contribution in [0.15, 0.2) is 18.3 Å². The largest absolute Gasteiger partial charge is 0.340 e. The predicted octanol–water partition coefficient (Wildman–Crippen LogP) is 2.82. The molecule has 2 heterocycles. The van der Waals surface area contributed by atoms with Crippen molar-refractivity contribution in [3.63, 3.8) is 0 Å². The van der Waals surface area contributed by atoms with E-state index < -0.39 is 0 Å². The highest BCUT2D eigenvalue weighted by molar-refractivity contribution is 5.94. The Morgan fingerprint density at radius 2 is 2.16 bits per heavy atom. The van der Waals surface area contributed by atoms with Crippen molar-refractivity contribution < 1.29 is 4.79 Å². The summed E-state index contributed by atoms with van der Waals surface area (Å²) in [6.45, 7) is 6.83. The molecule has 0 spiro atoms. The number of nitrogens with zero attached hydrogens (tertiary/aromatic N) is 3. The fourth-order valence-corrected chi connectivity index (χ4v) is 2.20. The maximum atomic E-state index is 12.5. The summed E-state index contributed by atoms with van der Waals surface area (Å²) in [6.07, 6.45) is 4.03. The normalized spacial score (nSPS) is 10.9. The maximum Gasteiger partial charge on any atom is 0.272 e. The molecule has 4 nitrogen and oxygen atoms in total. The highest BCUT2D eigenvalue weighted by Crippen LogP contribution is 2.15. The van der Waals surface area contributed by atoms with Crippen molar-refractivity contribution in [2.24, 2.45) is 0 Å². The number of carbonyl (C=O) groups is 1. The molecular weight excluding hydrogens is 238 g/mol. The first-order chi connectivity index (χ1) is 9.04. The van der Waals surface area contributed by atoms with E-state index in [9.17, 15) is 4.79 Å². The van der Waals surface area contributed by atoms with Gasteiger partial charge in [-0.15, -0.1) is 0 Å². The van der Waals surface area contributed by atoms with Crippen molar-refractivity contribution in [2.45, 2.75) is 33.6 Å². The highest BCUT2D eigenvalue weighted by atomic mass is 16.2. The number of rotatable bonds is 4. The van der Waals surface area contributed by atoms with Crippen LogP contribution in [0.1, 0.15) is 41.5 Å². The Morgan fingerprint density at radius 3 is 2.84 bits per heavy atom. The van der Waals surface area contributed by atoms with E-state index in [1.807, 2.05) is 43.6 Å². The molecule has 0 saturated carbocycles. The molecule has 0 bridgehead atoms. The minimum absolute atomic E-state index is 0.0438. The number of fused-ring (bicyclic) bond motifs is 1. The Balaban J connectivity index is 2.39. The highest BCUT2D eigenvalue weighted by Gasteiger charge is 2.19. The van der Waals surface area contributed by atoms with Crippen LogP contribution in [0.4, 0.5) is 0 Å². The first kappa shape index (κ1) is 13.6. The number of aryl methyl sites for hydroxylation is 2. The average molecular weight is 259 g/mol. The zero-order valence-electron chi connectivity index (χ0n) is 12.1. The minimum Gasteiger partial charge on any atom is -0.340 e. The van der Waals surface area contributed by atoms with Crippen molar-refractivity contribution in [2.75, 3.05) is 13.6 Å². The lowest BCUT2D eigenvalue weighted by Gasteiger charge is -2.16. The Morgan fingerprint density at radius 1 is 1.42 bits per heavy atom. The average Bonchev–Trinajstić information content (AvgIpc) is 2.70. The van der Waals surface area contributed by atoms with Crippen molar-refractivity contribution in [1.29, 1.82) is 0 Å². The Hall–Kier alpha value is -1.84. The van der Waals surface area contributed by atoms with Gasteiger partial charge in [-0.2, -0.15) is 0 Å². The SMILES string of the molecule is CCCCN(C)C(=O)c1c(C)nc2cc(C)ccn12. The third-order valence-corrected chi connectivity index (χ3v) is 3.35. The van der Waals surface area contributed by atoms with Gasteiger partial charge in [0.15, 0.2) is 0 Å². The quantitative estimate of drug-likeness (QED) is 0.846. The minimum atomic E-state index is 0.0438. The number of imidazole rings is 1. The first-order valence-corrected chi connectivity index (χ1v) is 6.75. The summed E-state index contributed by atoms with van der Waals surface area (Å²) in [5.41, 5.74) is 3.45. The van der Waals surface area contributed by atoms with Gasteiger partial charge in [-0.25, -0.2) is 4.98 Å². The van der Waals surface area contributed by atoms with E-state index in [0.717, 1.165) is 36.3 Å². The molecule has 0 unspecified atom stereocenters. The van der Waals surface area contributed by atoms with Gasteiger partial charge in [0.2, 0.25) is 0 Å². The van der Waals surface area contributed by atoms with Gasteiger partial charge < -0.3 is 4.90 Å². The molecule has 19 heavy (non-hydrogen) atoms. The molecule has 0 fully saturated rings. The molecule has 2 aromatic rings. The summed E-state index contributed by atoms with van der Waals surface area (Å²) >= 11 is 0. The van der Waals surface area contributed by atoms with Crippen LogP contribution in [-0.4, -0.2) is 33.8 Å². The van der Waals surface area contributed by atoms with Crippen LogP contribution in [0.3, 0.4) is 0 Å². The molecular formula is C15H21N3O. The lowest BCUT2D eigenvalue weighted by molar-refractivity contribution is 0.0785. The second-order valence-electron chi connectivity index (χ2n) is 5.06. The molecule has 0 atom stereocenters. The molecule has 0 aromatic carbocycles. The summed E-state index contributed by atoms with van der Waals surface area (Å²) in [4.78, 5) is 18.7. The fourth-order valence-electron chi connectivity index (χ4n) is 2.20. The second-order valence-corrected chi connectivity index (χ2v) is 5.06. The smallest absolute Gasteiger partial charge is 0.272 e. The number of aromatic nitrogens is 2. The Labute approximate surface area is 114 Å². The summed E-state index contributed by atoms with van der Waals surface area (Å²) in [5, 5.41) is 0. The van der Waals surface area contributed by atoms with Crippen LogP contribution in [0.2, 0.25) is 0 Å². The fraction of sp³-hybridized carbons (Fsp3) is 0.467. The molecule has 0 aliphatic heterocycles. The number of hydrogen-bond donors (Lipinski definition) is 0. The summed E-state index contributed by atoms with van der Waals surface area (Å²) < 4.78 is 1.88. The molecule has 0 aliphatic carbocycles. The predicted molar refractivity (Wildman–Crippen MR) is 76.5 cm³/mol. The molecule has 1 amide bonds. The maximum absolute atomic E-state index is 12.5. The van der Waals surface area contributed by atoms with E-state index >= 15 is 0 Å². The van der Waals surface area contributed by atoms with E-state index in [1.54, 1.807) is 4.90 Å². The summed E-state index contributed by atoms with van der Waals surface area (Å²) in [5.74, 6) is 0.0438. The summed E-state index contributed by atoms with van der Waals surface area (Å²) in [7, 11) is 1.85. The lowest BCUT2D eigenvalue weighted by Crippen LogP contribution is -2.29. The van der Waals surface area contributed by atoms with Gasteiger partial charge in [0.1, 0.15) is 11.3 Å². The van der Waals surface area contributed by atoms with Gasteiger partial charge in [0.05, 0.1) is 5.69 Å². The van der Waals surface area contributed by atoms with Crippen molar-refractivity contribution in [1.82, 2.24) is 14.3 Å². The van der Waals surface area contributed by atoms with Crippen molar-refractivity contribution >= 4 is 11.6 Å². The van der Waals surface area contributed by atoms with Gasteiger partial charge in [-0.05, 0) is 38.0 Å². The first-order valence-electron chi connectivity index (χ1n) is 6.75. The van der Waals surface area contributed by atoms with Gasteiger partial charge in [-0.1, -0.05) is 13.3 Å². The molecule has 2 rings (SSSR count). The molecule has 4 heteroatoms. The van der Waals surface area contributed by atoms with Gasteiger partial charge in [0, 0.05) is 19.8 Å². The van der Waals surface area contributed by atoms with Gasteiger partial charge in [0.25, 0.3) is 5.91 Å². The number of amides is 1. The third kappa shape index (κ3) is 2.62. The van der Waals surface area contributed by atoms with Crippen LogP contribution >= 0.6 is 0 Å². The number of hydrogen-bond acceptors (Lipinski definition) is 2. The molecule has 0 aliphatic rings. The Kier molecular flexibility index (Phi) is 3.88. The van der Waals surface area contributed by atoms with Gasteiger partial charge >= 0.3 is 0 Å². The molecule has 0 saturated heterocycles. The lowest BCUT2D eigenvalue weighted by atomic mass is 10.2. The number of pyridine rings is 1. The standard InChI is InChI=1S/C15H21N3O/c1-5-6-8-17(4)15(19)14-12(3)16-13-10-11(2)7-9-18(13)14/h7,9-10H,5-6,8H2,1-4H3. The van der Waals surface area contributed by atoms with Crippen LogP contribution in [-0.2, 0) is 0 Å².